The minimum Gasteiger partial charge on any atom is -0.504 e. The first-order chi connectivity index (χ1) is 31.6. The molecule has 1 saturated heterocycles. The topological polar surface area (TPSA) is 186 Å². The van der Waals surface area contributed by atoms with Crippen LogP contribution in [0.3, 0.4) is 0 Å². The number of aromatic nitrogens is 1. The van der Waals surface area contributed by atoms with Crippen LogP contribution in [0, 0.1) is 29.6 Å². The Labute approximate surface area is 385 Å². The number of aliphatic hydroxyl groups excluding tert-OH is 3. The molecule has 1 aromatic heterocycles. The maximum atomic E-state index is 12.3. The second-order valence-corrected chi connectivity index (χ2v) is 20.9. The van der Waals surface area contributed by atoms with E-state index in [-0.39, 0.29) is 41.1 Å². The zero-order valence-corrected chi connectivity index (χ0v) is 38.8. The number of aromatic amines is 1. The highest BCUT2D eigenvalue weighted by Crippen LogP contribution is 2.57. The van der Waals surface area contributed by atoms with E-state index < -0.39 is 42.0 Å². The first kappa shape index (κ1) is 46.7. The summed E-state index contributed by atoms with van der Waals surface area (Å²) in [6.45, 7) is 4.63. The summed E-state index contributed by atoms with van der Waals surface area (Å²) >= 11 is 0. The van der Waals surface area contributed by atoms with Crippen LogP contribution in [0.25, 0.3) is 0 Å². The first-order valence-electron chi connectivity index (χ1n) is 25.3. The molecule has 65 heavy (non-hydrogen) atoms. The molecule has 3 heterocycles. The summed E-state index contributed by atoms with van der Waals surface area (Å²) in [4.78, 5) is 3.09. The number of aromatic hydroxyl groups is 2. The lowest BCUT2D eigenvalue weighted by Gasteiger charge is -2.50. The Kier molecular flexibility index (Phi) is 14.7. The summed E-state index contributed by atoms with van der Waals surface area (Å²) in [6.07, 6.45) is 15.8. The molecule has 13 atom stereocenters. The monoisotopic (exact) mass is 901 g/mol. The fourth-order valence-corrected chi connectivity index (χ4v) is 13.9. The van der Waals surface area contributed by atoms with Gasteiger partial charge in [0, 0.05) is 61.5 Å². The Bertz CT molecular complexity index is 2040. The van der Waals surface area contributed by atoms with E-state index in [9.17, 15) is 30.6 Å². The third kappa shape index (κ3) is 9.83. The van der Waals surface area contributed by atoms with Crippen LogP contribution in [0.15, 0.2) is 36.7 Å². The number of aliphatic hydroxyl groups is 4. The van der Waals surface area contributed by atoms with Gasteiger partial charge in [0.1, 0.15) is 5.75 Å². The highest BCUT2D eigenvalue weighted by molar-refractivity contribution is 5.64. The Morgan fingerprint density at radius 1 is 0.877 bits per heavy atom. The minimum atomic E-state index is -0.705. The summed E-state index contributed by atoms with van der Waals surface area (Å²) in [5, 5.41) is 72.6. The van der Waals surface area contributed by atoms with Crippen molar-refractivity contribution in [1.29, 1.82) is 0 Å². The standard InChI is InChI=1S/C53H76N2O10/c1-3-63-21-4-19-55-36-8-11-37-35(24-36)6-10-39-43(57)14-18-53(61)17-13-31(28-53)16-22-64-45-12-7-33(25-40(45)48(37)39)34-5-9-38-44(58)27-47(65-46(38)26-34)49-41(23-32-15-20-54-29-32)52(62-2)51(60)50(59)42(49)30-56/h7,12,15,20,25,29,31,34-39,43-44,46-48,54-61H,3-6,8-11,13-14,16-19,21-24,26-28,30H2,1-2H3. The average molecular weight is 901 g/mol. The fourth-order valence-electron chi connectivity index (χ4n) is 13.9. The van der Waals surface area contributed by atoms with Gasteiger partial charge in [0.25, 0.3) is 0 Å². The maximum Gasteiger partial charge on any atom is 0.201 e. The summed E-state index contributed by atoms with van der Waals surface area (Å²) in [5.41, 5.74) is 4.04. The number of hydrogen-bond acceptors (Lipinski definition) is 11. The van der Waals surface area contributed by atoms with E-state index in [2.05, 4.69) is 28.5 Å². The van der Waals surface area contributed by atoms with Crippen LogP contribution < -0.4 is 14.8 Å². The Balaban J connectivity index is 1.02. The largest absolute Gasteiger partial charge is 0.504 e. The fraction of sp³-hybridized carbons (Fsp3) is 0.698. The summed E-state index contributed by atoms with van der Waals surface area (Å²) in [5.74, 6) is 1.88. The highest BCUT2D eigenvalue weighted by atomic mass is 16.5. The predicted molar refractivity (Wildman–Crippen MR) is 247 cm³/mol. The van der Waals surface area contributed by atoms with Crippen LogP contribution in [-0.2, 0) is 22.5 Å². The van der Waals surface area contributed by atoms with Crippen molar-refractivity contribution in [3.8, 4) is 23.0 Å². The van der Waals surface area contributed by atoms with Gasteiger partial charge in [0.2, 0.25) is 5.75 Å². The zero-order chi connectivity index (χ0) is 45.2. The van der Waals surface area contributed by atoms with Crippen molar-refractivity contribution in [2.75, 3.05) is 33.5 Å². The lowest BCUT2D eigenvalue weighted by atomic mass is 9.57. The van der Waals surface area contributed by atoms with Crippen LogP contribution in [0.4, 0.5) is 0 Å². The quantitative estimate of drug-likeness (QED) is 0.0650. The molecule has 13 unspecified atom stereocenters. The van der Waals surface area contributed by atoms with E-state index in [1.165, 1.54) is 18.2 Å². The number of hydrogen-bond donors (Lipinski definition) is 8. The Hall–Kier alpha value is -3.36. The van der Waals surface area contributed by atoms with E-state index in [4.69, 9.17) is 18.9 Å². The molecular formula is C53H76N2O10. The van der Waals surface area contributed by atoms with E-state index >= 15 is 0 Å². The molecule has 5 fully saturated rings. The van der Waals surface area contributed by atoms with E-state index in [0.717, 1.165) is 108 Å². The first-order valence-corrected chi connectivity index (χ1v) is 25.3. The summed E-state index contributed by atoms with van der Waals surface area (Å²) in [6, 6.07) is 9.28. The second-order valence-electron chi connectivity index (χ2n) is 20.9. The average Bonchev–Trinajstić information content (AvgIpc) is 3.98. The molecule has 8 N–H and O–H groups in total. The van der Waals surface area contributed by atoms with Gasteiger partial charge in [-0.3, -0.25) is 0 Å². The minimum absolute atomic E-state index is 0.0656. The van der Waals surface area contributed by atoms with Crippen LogP contribution in [0.2, 0.25) is 0 Å². The van der Waals surface area contributed by atoms with Gasteiger partial charge in [0.15, 0.2) is 11.5 Å². The molecule has 2 aliphatic heterocycles. The van der Waals surface area contributed by atoms with Crippen molar-refractivity contribution >= 4 is 0 Å². The van der Waals surface area contributed by atoms with E-state index in [1.54, 1.807) is 0 Å². The van der Waals surface area contributed by atoms with E-state index in [1.807, 2.05) is 25.4 Å². The lowest BCUT2D eigenvalue weighted by Crippen LogP contribution is -2.46. The van der Waals surface area contributed by atoms with Gasteiger partial charge in [0.05, 0.1) is 50.3 Å². The number of methoxy groups -OCH3 is 1. The molecule has 4 saturated carbocycles. The number of ether oxygens (including phenoxy) is 4. The molecule has 4 aliphatic carbocycles. The third-order valence-electron chi connectivity index (χ3n) is 17.2. The molecule has 12 nitrogen and oxygen atoms in total. The molecule has 0 radical (unpaired) electrons. The molecule has 358 valence electrons. The molecule has 3 aromatic rings. The SMILES string of the molecule is CCOCCCNC1CCC2C(CCC3C(O)CCC4(O)CCC(CCOc5ccc(C6CCC7C(O)CC(c8c(CO)c(O)c(O)c(OC)c8Cc8cc[nH]c8)OC7C6)cc5C32)C4)C1. The summed E-state index contributed by atoms with van der Waals surface area (Å²) < 4.78 is 25.2. The summed E-state index contributed by atoms with van der Waals surface area (Å²) in [7, 11) is 1.45. The maximum absolute atomic E-state index is 12.3. The third-order valence-corrected chi connectivity index (χ3v) is 17.2. The van der Waals surface area contributed by atoms with Gasteiger partial charge >= 0.3 is 0 Å². The van der Waals surface area contributed by atoms with Crippen molar-refractivity contribution in [2.24, 2.45) is 29.6 Å². The van der Waals surface area contributed by atoms with Crippen LogP contribution in [-0.4, -0.2) is 99.1 Å². The van der Waals surface area contributed by atoms with Crippen LogP contribution in [0.1, 0.15) is 161 Å². The molecule has 2 aromatic carbocycles. The number of rotatable bonds is 12. The number of phenolic OH excluding ortho intramolecular Hbond substituents is 1. The van der Waals surface area contributed by atoms with Crippen molar-refractivity contribution in [2.45, 2.75) is 171 Å². The number of fused-ring (bicyclic) bond motifs is 8. The number of benzene rings is 2. The second kappa shape index (κ2) is 20.5. The van der Waals surface area contributed by atoms with Crippen molar-refractivity contribution < 1.29 is 49.6 Å². The molecule has 9 rings (SSSR count). The van der Waals surface area contributed by atoms with Gasteiger partial charge < -0.3 is 59.9 Å². The number of nitrogens with one attached hydrogen (secondary N) is 2. The molecule has 6 aliphatic rings. The van der Waals surface area contributed by atoms with Crippen LogP contribution >= 0.6 is 0 Å². The molecule has 0 amide bonds. The van der Waals surface area contributed by atoms with Gasteiger partial charge in [-0.15, -0.1) is 0 Å². The number of phenols is 2. The predicted octanol–water partition coefficient (Wildman–Crippen LogP) is 8.04. The smallest absolute Gasteiger partial charge is 0.201 e. The molecule has 0 spiro atoms. The van der Waals surface area contributed by atoms with Gasteiger partial charge in [-0.25, -0.2) is 0 Å². The highest BCUT2D eigenvalue weighted by Gasteiger charge is 2.49. The normalized spacial score (nSPS) is 35.0. The van der Waals surface area contributed by atoms with E-state index in [0.29, 0.717) is 73.6 Å². The van der Waals surface area contributed by atoms with Crippen LogP contribution in [0.5, 0.6) is 23.0 Å². The zero-order valence-electron chi connectivity index (χ0n) is 38.8. The van der Waals surface area contributed by atoms with Gasteiger partial charge in [-0.05, 0) is 180 Å². The number of H-pyrrole nitrogens is 1. The Morgan fingerprint density at radius 3 is 2.51 bits per heavy atom. The molecule has 12 heteroatoms. The Morgan fingerprint density at radius 2 is 1.71 bits per heavy atom. The molecule has 2 bridgehead atoms. The van der Waals surface area contributed by atoms with Gasteiger partial charge in [-0.1, -0.05) is 12.1 Å². The van der Waals surface area contributed by atoms with Crippen molar-refractivity contribution in [1.82, 2.24) is 10.3 Å². The van der Waals surface area contributed by atoms with Crippen molar-refractivity contribution in [3.05, 3.63) is 70.0 Å². The lowest BCUT2D eigenvalue weighted by molar-refractivity contribution is -0.154. The van der Waals surface area contributed by atoms with Gasteiger partial charge in [-0.2, -0.15) is 0 Å². The van der Waals surface area contributed by atoms with Crippen molar-refractivity contribution in [3.63, 3.8) is 0 Å². The molecular weight excluding hydrogens is 825 g/mol.